The Balaban J connectivity index is 1.30. The normalized spacial score (nSPS) is 37.6. The first-order valence-corrected chi connectivity index (χ1v) is 18.1. The van der Waals surface area contributed by atoms with E-state index in [0.29, 0.717) is 24.0 Å². The van der Waals surface area contributed by atoms with Gasteiger partial charge in [-0.25, -0.2) is 4.18 Å². The quantitative estimate of drug-likeness (QED) is 0.319. The molecule has 0 spiro atoms. The minimum atomic E-state index is -4.93. The van der Waals surface area contributed by atoms with Crippen LogP contribution in [0.25, 0.3) is 0 Å². The molecule has 2 aromatic rings. The molecule has 6 aliphatic heterocycles. The maximum absolute atomic E-state index is 14.5. The molecule has 42 heavy (non-hydrogen) atoms. The molecule has 9 nitrogen and oxygen atoms in total. The lowest BCUT2D eigenvalue weighted by molar-refractivity contribution is 0.0995. The van der Waals surface area contributed by atoms with Gasteiger partial charge in [-0.1, -0.05) is 42.5 Å². The largest absolute Gasteiger partial charge is 0.374 e. The van der Waals surface area contributed by atoms with Gasteiger partial charge >= 0.3 is 0 Å². The molecule has 6 bridgehead atoms. The van der Waals surface area contributed by atoms with Gasteiger partial charge in [-0.05, 0) is 80.0 Å². The highest BCUT2D eigenvalue weighted by atomic mass is 32.2. The van der Waals surface area contributed by atoms with Crippen LogP contribution in [-0.2, 0) is 38.6 Å². The van der Waals surface area contributed by atoms with Crippen LogP contribution in [0.15, 0.2) is 47.4 Å². The van der Waals surface area contributed by atoms with E-state index in [1.165, 1.54) is 12.1 Å². The van der Waals surface area contributed by atoms with Crippen molar-refractivity contribution in [3.8, 4) is 0 Å². The smallest absolute Gasteiger partial charge is 0.299 e. The third kappa shape index (κ3) is 4.67. The van der Waals surface area contributed by atoms with Crippen molar-refractivity contribution in [2.75, 3.05) is 0 Å². The minimum absolute atomic E-state index is 0.0298. The fourth-order valence-electron chi connectivity index (χ4n) is 8.72. The SMILES string of the molecule is O=S(=O)(OC(c1ccccc1)S(=O)(=O)O)c1c(C2CC3CCC2O3)cc(C2CC3CCC2O3)cc1C1CC2CCC1O2. The van der Waals surface area contributed by atoms with Crippen LogP contribution in [0.4, 0.5) is 0 Å². The Hall–Kier alpha value is -1.86. The molecule has 6 heterocycles. The summed E-state index contributed by atoms with van der Waals surface area (Å²) in [6, 6.07) is 11.7. The molecule has 0 saturated carbocycles. The number of benzene rings is 2. The third-order valence-electron chi connectivity index (χ3n) is 10.5. The summed E-state index contributed by atoms with van der Waals surface area (Å²) >= 11 is 0. The van der Waals surface area contributed by atoms with Gasteiger partial charge in [0, 0.05) is 17.8 Å². The Labute approximate surface area is 246 Å². The Kier molecular flexibility index (Phi) is 6.64. The van der Waals surface area contributed by atoms with Crippen LogP contribution in [0.3, 0.4) is 0 Å². The number of rotatable bonds is 8. The van der Waals surface area contributed by atoms with Crippen LogP contribution < -0.4 is 0 Å². The van der Waals surface area contributed by atoms with Crippen LogP contribution in [0.5, 0.6) is 0 Å². The number of hydrogen-bond acceptors (Lipinski definition) is 8. The van der Waals surface area contributed by atoms with E-state index < -0.39 is 25.7 Å². The van der Waals surface area contributed by atoms with E-state index in [0.717, 1.165) is 50.5 Å². The van der Waals surface area contributed by atoms with Crippen molar-refractivity contribution in [1.82, 2.24) is 0 Å². The second-order valence-corrected chi connectivity index (χ2v) is 16.0. The summed E-state index contributed by atoms with van der Waals surface area (Å²) in [5.74, 6) is -0.140. The van der Waals surface area contributed by atoms with Crippen molar-refractivity contribution >= 4 is 20.2 Å². The monoisotopic (exact) mass is 616 g/mol. The topological polar surface area (TPSA) is 125 Å². The predicted molar refractivity (Wildman–Crippen MR) is 151 cm³/mol. The number of ether oxygens (including phenoxy) is 3. The summed E-state index contributed by atoms with van der Waals surface area (Å²) in [6.07, 6.45) is 8.25. The van der Waals surface area contributed by atoms with Gasteiger partial charge in [-0.2, -0.15) is 16.8 Å². The average molecular weight is 617 g/mol. The molecule has 0 aliphatic carbocycles. The van der Waals surface area contributed by atoms with Crippen molar-refractivity contribution in [3.63, 3.8) is 0 Å². The highest BCUT2D eigenvalue weighted by Gasteiger charge is 2.50. The molecule has 10 atom stereocenters. The maximum atomic E-state index is 14.5. The summed E-state index contributed by atoms with van der Waals surface area (Å²) < 4.78 is 88.5. The van der Waals surface area contributed by atoms with Gasteiger partial charge in [0.15, 0.2) is 0 Å². The first-order valence-electron chi connectivity index (χ1n) is 15.2. The van der Waals surface area contributed by atoms with Crippen molar-refractivity contribution in [2.45, 2.75) is 122 Å². The predicted octanol–water partition coefficient (Wildman–Crippen LogP) is 5.08. The first-order chi connectivity index (χ1) is 20.1. The zero-order chi connectivity index (χ0) is 28.8. The van der Waals surface area contributed by atoms with Gasteiger partial charge in [-0.15, -0.1) is 0 Å². The van der Waals surface area contributed by atoms with E-state index in [1.54, 1.807) is 18.2 Å². The van der Waals surface area contributed by atoms with Crippen LogP contribution in [-0.4, -0.2) is 58.0 Å². The fourth-order valence-corrected chi connectivity index (χ4v) is 11.4. The standard InChI is InChI=1S/C31H36O9S2/c32-41(33,34)31(17-4-2-1-3-5-17)40-42(35,36)30-25(23-15-20-7-10-28(23)38-20)12-18(22-14-19-6-9-27(22)37-19)13-26(30)24-16-21-8-11-29(24)39-21/h1-5,12-13,19-24,27-29,31H,6-11,14-16H2,(H,32,33,34). The Morgan fingerprint density at radius 1 is 0.690 bits per heavy atom. The summed E-state index contributed by atoms with van der Waals surface area (Å²) in [6.45, 7) is 0. The molecule has 10 unspecified atom stereocenters. The van der Waals surface area contributed by atoms with Gasteiger partial charge < -0.3 is 14.2 Å². The van der Waals surface area contributed by atoms with E-state index >= 15 is 0 Å². The third-order valence-corrected chi connectivity index (χ3v) is 13.0. The Morgan fingerprint density at radius 3 is 1.57 bits per heavy atom. The fraction of sp³-hybridized carbons (Fsp3) is 0.613. The van der Waals surface area contributed by atoms with E-state index in [9.17, 15) is 21.4 Å². The van der Waals surface area contributed by atoms with E-state index in [-0.39, 0.29) is 64.8 Å². The second-order valence-electron chi connectivity index (χ2n) is 13.0. The van der Waals surface area contributed by atoms with Crippen molar-refractivity contribution in [1.29, 1.82) is 0 Å². The highest BCUT2D eigenvalue weighted by molar-refractivity contribution is 7.89. The van der Waals surface area contributed by atoms with Crippen LogP contribution in [0.2, 0.25) is 0 Å². The van der Waals surface area contributed by atoms with E-state index in [1.807, 2.05) is 12.1 Å². The molecule has 0 radical (unpaired) electrons. The molecular formula is C31H36O9S2. The second kappa shape index (κ2) is 10.1. The molecule has 0 amide bonds. The molecule has 226 valence electrons. The first kappa shape index (κ1) is 27.7. The number of fused-ring (bicyclic) bond motifs is 6. The maximum Gasteiger partial charge on any atom is 0.299 e. The van der Waals surface area contributed by atoms with Gasteiger partial charge in [0.05, 0.1) is 36.6 Å². The zero-order valence-electron chi connectivity index (χ0n) is 23.2. The van der Waals surface area contributed by atoms with E-state index in [2.05, 4.69) is 0 Å². The Bertz CT molecular complexity index is 1540. The van der Waals surface area contributed by atoms with Crippen molar-refractivity contribution in [2.24, 2.45) is 0 Å². The summed E-state index contributed by atoms with van der Waals surface area (Å²) in [7, 11) is -9.63. The lowest BCUT2D eigenvalue weighted by Gasteiger charge is -2.30. The molecule has 0 aromatic heterocycles. The van der Waals surface area contributed by atoms with Crippen molar-refractivity contribution < 1.29 is 39.8 Å². The van der Waals surface area contributed by atoms with Crippen LogP contribution in [0, 0.1) is 0 Å². The highest BCUT2D eigenvalue weighted by Crippen LogP contribution is 2.53. The van der Waals surface area contributed by atoms with Crippen LogP contribution in [0.1, 0.15) is 103 Å². The van der Waals surface area contributed by atoms with E-state index in [4.69, 9.17) is 18.4 Å². The molecule has 6 saturated heterocycles. The van der Waals surface area contributed by atoms with Gasteiger partial charge in [0.2, 0.25) is 5.44 Å². The lowest BCUT2D eigenvalue weighted by atomic mass is 9.76. The summed E-state index contributed by atoms with van der Waals surface area (Å²) in [5.41, 5.74) is 0.306. The zero-order valence-corrected chi connectivity index (χ0v) is 24.8. The van der Waals surface area contributed by atoms with Gasteiger partial charge in [0.25, 0.3) is 20.2 Å². The molecule has 6 fully saturated rings. The molecule has 11 heteroatoms. The van der Waals surface area contributed by atoms with Gasteiger partial charge in [-0.3, -0.25) is 4.55 Å². The summed E-state index contributed by atoms with van der Waals surface area (Å²) in [5, 5.41) is 0. The molecule has 8 rings (SSSR count). The lowest BCUT2D eigenvalue weighted by Crippen LogP contribution is -2.27. The molecule has 6 aliphatic rings. The van der Waals surface area contributed by atoms with Crippen LogP contribution >= 0.6 is 0 Å². The van der Waals surface area contributed by atoms with Crippen molar-refractivity contribution in [3.05, 3.63) is 64.7 Å². The molecular weight excluding hydrogens is 580 g/mol. The Morgan fingerprint density at radius 2 is 1.17 bits per heavy atom. The van der Waals surface area contributed by atoms with Gasteiger partial charge in [0.1, 0.15) is 4.90 Å². The minimum Gasteiger partial charge on any atom is -0.374 e. The molecule has 1 N–H and O–H groups in total. The summed E-state index contributed by atoms with van der Waals surface area (Å²) in [4.78, 5) is 0.0298. The molecule has 2 aromatic carbocycles. The average Bonchev–Trinajstić information content (AvgIpc) is 3.83. The number of hydrogen-bond donors (Lipinski definition) is 1.